The summed E-state index contributed by atoms with van der Waals surface area (Å²) >= 11 is 0. The second-order valence-electron chi connectivity index (χ2n) is 7.31. The highest BCUT2D eigenvalue weighted by Gasteiger charge is 2.34. The Balaban J connectivity index is 1.64. The van der Waals surface area contributed by atoms with E-state index in [1.54, 1.807) is 29.4 Å². The number of nitrogens with one attached hydrogen (secondary N) is 2. The van der Waals surface area contributed by atoms with Crippen LogP contribution in [0.2, 0.25) is 0 Å². The lowest BCUT2D eigenvalue weighted by molar-refractivity contribution is -0.128. The van der Waals surface area contributed by atoms with Crippen LogP contribution in [0.5, 0.6) is 0 Å². The number of hydrogen-bond acceptors (Lipinski definition) is 4. The summed E-state index contributed by atoms with van der Waals surface area (Å²) in [5.74, 6) is -0.820. The van der Waals surface area contributed by atoms with Crippen LogP contribution in [0.3, 0.4) is 0 Å². The van der Waals surface area contributed by atoms with Crippen molar-refractivity contribution in [3.05, 3.63) is 59.4 Å². The van der Waals surface area contributed by atoms with Crippen molar-refractivity contribution >= 4 is 23.4 Å². The minimum atomic E-state index is -0.415. The van der Waals surface area contributed by atoms with Gasteiger partial charge in [-0.15, -0.1) is 0 Å². The van der Waals surface area contributed by atoms with E-state index >= 15 is 0 Å². The van der Waals surface area contributed by atoms with Gasteiger partial charge >= 0.3 is 0 Å². The van der Waals surface area contributed by atoms with Crippen LogP contribution in [0, 0.1) is 12.8 Å². The van der Waals surface area contributed by atoms with E-state index in [1.165, 1.54) is 0 Å². The zero-order chi connectivity index (χ0) is 20.8. The molecule has 1 aromatic carbocycles. The van der Waals surface area contributed by atoms with Gasteiger partial charge in [-0.3, -0.25) is 19.4 Å². The first-order chi connectivity index (χ1) is 14.0. The van der Waals surface area contributed by atoms with Gasteiger partial charge in [-0.05, 0) is 48.7 Å². The number of anilines is 1. The molecule has 7 heteroatoms. The zero-order valence-electron chi connectivity index (χ0n) is 16.8. The van der Waals surface area contributed by atoms with Gasteiger partial charge in [-0.25, -0.2) is 0 Å². The van der Waals surface area contributed by atoms with Crippen LogP contribution >= 0.6 is 0 Å². The van der Waals surface area contributed by atoms with Gasteiger partial charge in [0.2, 0.25) is 11.8 Å². The molecule has 2 N–H and O–H groups in total. The summed E-state index contributed by atoms with van der Waals surface area (Å²) in [4.78, 5) is 43.0. The van der Waals surface area contributed by atoms with Crippen molar-refractivity contribution in [1.29, 1.82) is 0 Å². The van der Waals surface area contributed by atoms with Gasteiger partial charge in [0, 0.05) is 49.7 Å². The summed E-state index contributed by atoms with van der Waals surface area (Å²) in [5, 5.41) is 5.73. The summed E-state index contributed by atoms with van der Waals surface area (Å²) in [6.07, 6.45) is 4.42. The zero-order valence-corrected chi connectivity index (χ0v) is 16.8. The maximum atomic E-state index is 12.8. The van der Waals surface area contributed by atoms with Gasteiger partial charge in [0.15, 0.2) is 0 Å². The Bertz CT molecular complexity index is 898. The minimum absolute atomic E-state index is 0.0358. The SMILES string of the molecule is CCCNC(=O)c1ccc(C)c(NC(=O)C2CC(=O)N(Cc3ccncc3)C2)c1. The van der Waals surface area contributed by atoms with Crippen molar-refractivity contribution in [3.8, 4) is 0 Å². The van der Waals surface area contributed by atoms with Gasteiger partial charge in [0.1, 0.15) is 0 Å². The lowest BCUT2D eigenvalue weighted by atomic mass is 10.1. The highest BCUT2D eigenvalue weighted by atomic mass is 16.2. The van der Waals surface area contributed by atoms with E-state index in [0.717, 1.165) is 17.5 Å². The van der Waals surface area contributed by atoms with Gasteiger partial charge in [0.05, 0.1) is 5.92 Å². The highest BCUT2D eigenvalue weighted by Crippen LogP contribution is 2.23. The van der Waals surface area contributed by atoms with Crippen molar-refractivity contribution in [2.45, 2.75) is 33.2 Å². The third-order valence-electron chi connectivity index (χ3n) is 5.00. The van der Waals surface area contributed by atoms with Gasteiger partial charge in [-0.2, -0.15) is 0 Å². The van der Waals surface area contributed by atoms with Gasteiger partial charge in [0.25, 0.3) is 5.91 Å². The Morgan fingerprint density at radius 1 is 1.21 bits per heavy atom. The monoisotopic (exact) mass is 394 g/mol. The Hall–Kier alpha value is -3.22. The molecule has 1 saturated heterocycles. The summed E-state index contributed by atoms with van der Waals surface area (Å²) in [7, 11) is 0. The molecule has 29 heavy (non-hydrogen) atoms. The van der Waals surface area contributed by atoms with Crippen LogP contribution in [0.15, 0.2) is 42.7 Å². The normalized spacial score (nSPS) is 16.0. The molecule has 2 heterocycles. The predicted molar refractivity (Wildman–Crippen MR) is 110 cm³/mol. The molecule has 3 rings (SSSR count). The molecule has 0 spiro atoms. The van der Waals surface area contributed by atoms with Crippen LogP contribution in [-0.4, -0.2) is 40.7 Å². The maximum absolute atomic E-state index is 12.8. The summed E-state index contributed by atoms with van der Waals surface area (Å²) in [5.41, 5.74) is 2.94. The van der Waals surface area contributed by atoms with E-state index in [2.05, 4.69) is 15.6 Å². The lowest BCUT2D eigenvalue weighted by Gasteiger charge is -2.17. The molecule has 0 radical (unpaired) electrons. The molecular formula is C22H26N4O3. The molecule has 0 aliphatic carbocycles. The van der Waals surface area contributed by atoms with Crippen molar-refractivity contribution in [2.75, 3.05) is 18.4 Å². The molecule has 3 amide bonds. The predicted octanol–water partition coefficient (Wildman–Crippen LogP) is 2.52. The molecule has 0 saturated carbocycles. The molecule has 1 atom stereocenters. The second-order valence-corrected chi connectivity index (χ2v) is 7.31. The fourth-order valence-electron chi connectivity index (χ4n) is 3.28. The molecule has 7 nitrogen and oxygen atoms in total. The van der Waals surface area contributed by atoms with Gasteiger partial charge < -0.3 is 15.5 Å². The molecule has 152 valence electrons. The number of pyridine rings is 1. The molecular weight excluding hydrogens is 368 g/mol. The molecule has 1 fully saturated rings. The highest BCUT2D eigenvalue weighted by molar-refractivity contribution is 6.00. The topological polar surface area (TPSA) is 91.4 Å². The number of carbonyl (C=O) groups is 3. The van der Waals surface area contributed by atoms with E-state index in [9.17, 15) is 14.4 Å². The Morgan fingerprint density at radius 2 is 1.97 bits per heavy atom. The van der Waals surface area contributed by atoms with E-state index in [0.29, 0.717) is 30.9 Å². The third kappa shape index (κ3) is 5.19. The Labute approximate surface area is 170 Å². The van der Waals surface area contributed by atoms with Crippen LogP contribution in [0.4, 0.5) is 5.69 Å². The van der Waals surface area contributed by atoms with Crippen molar-refractivity contribution in [1.82, 2.24) is 15.2 Å². The van der Waals surface area contributed by atoms with Gasteiger partial charge in [-0.1, -0.05) is 13.0 Å². The molecule has 1 aliphatic heterocycles. The number of rotatable bonds is 7. The number of likely N-dealkylation sites (tertiary alicyclic amines) is 1. The molecule has 1 unspecified atom stereocenters. The number of carbonyl (C=O) groups excluding carboxylic acids is 3. The van der Waals surface area contributed by atoms with E-state index in [1.807, 2.05) is 32.0 Å². The lowest BCUT2D eigenvalue weighted by Crippen LogP contribution is -2.28. The first kappa shape index (κ1) is 20.5. The second kappa shape index (κ2) is 9.32. The molecule has 2 aromatic rings. The van der Waals surface area contributed by atoms with E-state index in [4.69, 9.17) is 0 Å². The van der Waals surface area contributed by atoms with Crippen LogP contribution in [-0.2, 0) is 16.1 Å². The van der Waals surface area contributed by atoms with E-state index in [-0.39, 0.29) is 24.1 Å². The third-order valence-corrected chi connectivity index (χ3v) is 5.00. The van der Waals surface area contributed by atoms with Crippen molar-refractivity contribution in [3.63, 3.8) is 0 Å². The summed E-state index contributed by atoms with van der Waals surface area (Å²) < 4.78 is 0. The first-order valence-electron chi connectivity index (χ1n) is 9.84. The fourth-order valence-corrected chi connectivity index (χ4v) is 3.28. The quantitative estimate of drug-likeness (QED) is 0.755. The number of amides is 3. The number of benzene rings is 1. The van der Waals surface area contributed by atoms with Crippen LogP contribution in [0.1, 0.15) is 41.3 Å². The summed E-state index contributed by atoms with van der Waals surface area (Å²) in [6, 6.07) is 8.96. The number of nitrogens with zero attached hydrogens (tertiary/aromatic N) is 2. The maximum Gasteiger partial charge on any atom is 0.251 e. The number of hydrogen-bond donors (Lipinski definition) is 2. The average Bonchev–Trinajstić information content (AvgIpc) is 3.09. The molecule has 1 aliphatic rings. The Morgan fingerprint density at radius 3 is 2.69 bits per heavy atom. The largest absolute Gasteiger partial charge is 0.352 e. The molecule has 1 aromatic heterocycles. The average molecular weight is 394 g/mol. The Kier molecular flexibility index (Phi) is 6.59. The first-order valence-corrected chi connectivity index (χ1v) is 9.84. The fraction of sp³-hybridized carbons (Fsp3) is 0.364. The van der Waals surface area contributed by atoms with Crippen molar-refractivity contribution in [2.24, 2.45) is 5.92 Å². The smallest absolute Gasteiger partial charge is 0.251 e. The van der Waals surface area contributed by atoms with E-state index < -0.39 is 5.92 Å². The summed E-state index contributed by atoms with van der Waals surface area (Å²) in [6.45, 7) is 5.31. The van der Waals surface area contributed by atoms with Crippen LogP contribution < -0.4 is 10.6 Å². The number of aromatic nitrogens is 1. The van der Waals surface area contributed by atoms with Crippen molar-refractivity contribution < 1.29 is 14.4 Å². The standard InChI is InChI=1S/C22H26N4O3/c1-3-8-24-21(28)17-5-4-15(2)19(11-17)25-22(29)18-12-20(27)26(14-18)13-16-6-9-23-10-7-16/h4-7,9-11,18H,3,8,12-14H2,1-2H3,(H,24,28)(H,25,29). The molecule has 0 bridgehead atoms. The number of aryl methyl sites for hydroxylation is 1. The van der Waals surface area contributed by atoms with Crippen LogP contribution in [0.25, 0.3) is 0 Å². The minimum Gasteiger partial charge on any atom is -0.352 e.